The van der Waals surface area contributed by atoms with Crippen LogP contribution in [0.15, 0.2) is 24.3 Å². The van der Waals surface area contributed by atoms with Crippen LogP contribution in [0.1, 0.15) is 26.2 Å². The maximum Gasteiger partial charge on any atom is 0.335 e. The third kappa shape index (κ3) is 7.49. The molecule has 2 atom stereocenters. The van der Waals surface area contributed by atoms with Crippen molar-refractivity contribution in [2.75, 3.05) is 25.0 Å². The lowest BCUT2D eigenvalue weighted by Gasteiger charge is -2.30. The number of carbonyl (C=O) groups is 3. The number of nitrogens with zero attached hydrogens (tertiary/aromatic N) is 4. The third-order valence-corrected chi connectivity index (χ3v) is 6.24. The van der Waals surface area contributed by atoms with Crippen LogP contribution in [-0.4, -0.2) is 95.4 Å². The van der Waals surface area contributed by atoms with Crippen molar-refractivity contribution in [3.8, 4) is 11.3 Å². The summed E-state index contributed by atoms with van der Waals surface area (Å²) in [5, 5.41) is 50.5. The van der Waals surface area contributed by atoms with E-state index in [-0.39, 0.29) is 17.2 Å². The molecule has 6 N–H and O–H groups in total. The maximum absolute atomic E-state index is 14.1. The van der Waals surface area contributed by atoms with Crippen molar-refractivity contribution in [1.82, 2.24) is 25.3 Å². The summed E-state index contributed by atoms with van der Waals surface area (Å²) in [4.78, 5) is 34.4. The van der Waals surface area contributed by atoms with Gasteiger partial charge in [-0.15, -0.1) is 10.2 Å². The maximum atomic E-state index is 14.1. The number of hydrogen-bond donors (Lipinski definition) is 6. The number of carboxylic acid groups (broad SMARTS) is 2. The number of aliphatic carboxylic acids is 2. The molecule has 0 radical (unpaired) electrons. The Kier molecular flexibility index (Phi) is 9.92. The lowest BCUT2D eigenvalue weighted by atomic mass is 9.93. The smallest absolute Gasteiger partial charge is 0.335 e. The molecule has 1 aliphatic rings. The van der Waals surface area contributed by atoms with Crippen molar-refractivity contribution in [2.45, 2.75) is 38.4 Å². The normalized spacial score (nSPS) is 15.7. The summed E-state index contributed by atoms with van der Waals surface area (Å²) in [7, 11) is 0. The van der Waals surface area contributed by atoms with Gasteiger partial charge < -0.3 is 30.6 Å². The molecule has 4 rings (SSSR count). The quantitative estimate of drug-likeness (QED) is 0.236. The molecule has 3 heterocycles. The number of fused-ring (bicyclic) bond motifs is 1. The van der Waals surface area contributed by atoms with Crippen LogP contribution in [0, 0.1) is 17.6 Å². The Morgan fingerprint density at radius 2 is 1.74 bits per heavy atom. The van der Waals surface area contributed by atoms with Gasteiger partial charge in [0.05, 0.1) is 11.1 Å². The van der Waals surface area contributed by atoms with E-state index in [1.807, 2.05) is 0 Å². The van der Waals surface area contributed by atoms with E-state index >= 15 is 0 Å². The fourth-order valence-electron chi connectivity index (χ4n) is 3.97. The van der Waals surface area contributed by atoms with Crippen molar-refractivity contribution in [2.24, 2.45) is 5.92 Å². The van der Waals surface area contributed by atoms with Crippen molar-refractivity contribution < 1.29 is 43.6 Å². The number of hydrogen-bond acceptors (Lipinski definition) is 9. The summed E-state index contributed by atoms with van der Waals surface area (Å²) >= 11 is 0. The largest absolute Gasteiger partial charge is 0.479 e. The van der Waals surface area contributed by atoms with E-state index < -0.39 is 35.8 Å². The molecule has 1 aliphatic heterocycles. The van der Waals surface area contributed by atoms with E-state index in [1.54, 1.807) is 6.07 Å². The molecule has 1 amide bonds. The average Bonchev–Trinajstić information content (AvgIpc) is 3.31. The van der Waals surface area contributed by atoms with Gasteiger partial charge in [0.2, 0.25) is 5.91 Å². The van der Waals surface area contributed by atoms with E-state index in [2.05, 4.69) is 37.5 Å². The Morgan fingerprint density at radius 3 is 2.33 bits per heavy atom. The van der Waals surface area contributed by atoms with Crippen LogP contribution in [-0.2, 0) is 14.4 Å². The topological polar surface area (TPSA) is 202 Å². The molecule has 39 heavy (non-hydrogen) atoms. The van der Waals surface area contributed by atoms with Crippen molar-refractivity contribution in [3.63, 3.8) is 0 Å². The molecule has 0 aliphatic carbocycles. The summed E-state index contributed by atoms with van der Waals surface area (Å²) < 4.78 is 27.6. The Labute approximate surface area is 220 Å². The first-order chi connectivity index (χ1) is 18.5. The number of halogens is 2. The minimum absolute atomic E-state index is 0.000519. The van der Waals surface area contributed by atoms with Crippen LogP contribution in [0.4, 0.5) is 14.6 Å². The molecule has 210 valence electrons. The molecule has 0 spiro atoms. The summed E-state index contributed by atoms with van der Waals surface area (Å²) in [6, 6.07) is 5.41. The van der Waals surface area contributed by atoms with Crippen molar-refractivity contribution in [1.29, 1.82) is 0 Å². The Morgan fingerprint density at radius 1 is 1.10 bits per heavy atom. The number of benzene rings is 1. The number of rotatable bonds is 8. The second kappa shape index (κ2) is 13.1. The van der Waals surface area contributed by atoms with Crippen molar-refractivity contribution in [3.05, 3.63) is 35.9 Å². The number of amides is 1. The van der Waals surface area contributed by atoms with Crippen LogP contribution in [0.5, 0.6) is 0 Å². The highest BCUT2D eigenvalue weighted by molar-refractivity contribution is 5.99. The minimum Gasteiger partial charge on any atom is -0.479 e. The fraction of sp³-hybridized carbons (Fsp3) is 0.417. The number of aromatic nitrogens is 4. The minimum atomic E-state index is -2.27. The van der Waals surface area contributed by atoms with Crippen LogP contribution >= 0.6 is 0 Å². The number of likely N-dealkylation sites (tertiary alicyclic amines) is 1. The highest BCUT2D eigenvalue weighted by Crippen LogP contribution is 2.27. The van der Waals surface area contributed by atoms with Gasteiger partial charge in [-0.2, -0.15) is 5.10 Å². The number of aromatic amines is 1. The van der Waals surface area contributed by atoms with Crippen LogP contribution in [0.3, 0.4) is 0 Å². The van der Waals surface area contributed by atoms with Gasteiger partial charge in [-0.05, 0) is 56.6 Å². The van der Waals surface area contributed by atoms with Gasteiger partial charge in [0.25, 0.3) is 0 Å². The van der Waals surface area contributed by atoms with Gasteiger partial charge in [-0.25, -0.2) is 18.4 Å². The predicted octanol–water partition coefficient (Wildman–Crippen LogP) is 1.24. The number of anilines is 1. The molecule has 3 aromatic rings. The first-order valence-corrected chi connectivity index (χ1v) is 12.0. The van der Waals surface area contributed by atoms with Gasteiger partial charge in [0, 0.05) is 12.0 Å². The monoisotopic (exact) mass is 550 g/mol. The summed E-state index contributed by atoms with van der Waals surface area (Å²) in [5.74, 6) is -4.95. The molecule has 15 heteroatoms. The first kappa shape index (κ1) is 29.5. The van der Waals surface area contributed by atoms with E-state index in [0.717, 1.165) is 38.5 Å². The zero-order valence-electron chi connectivity index (χ0n) is 20.8. The van der Waals surface area contributed by atoms with Crippen LogP contribution < -0.4 is 5.32 Å². The average molecular weight is 551 g/mol. The molecule has 0 unspecified atom stereocenters. The predicted molar refractivity (Wildman–Crippen MR) is 132 cm³/mol. The number of nitrogens with one attached hydrogen (secondary N) is 2. The number of piperidine rings is 1. The zero-order chi connectivity index (χ0) is 28.7. The number of carboxylic acids is 2. The molecular formula is C24H28F2N6O7. The van der Waals surface area contributed by atoms with E-state index in [4.69, 9.17) is 20.4 Å². The highest BCUT2D eigenvalue weighted by atomic mass is 19.2. The molecule has 0 bridgehead atoms. The summed E-state index contributed by atoms with van der Waals surface area (Å²) in [5.41, 5.74) is 0.524. The number of H-pyrrole nitrogens is 1. The van der Waals surface area contributed by atoms with Gasteiger partial charge in [-0.3, -0.25) is 9.89 Å². The molecule has 1 saturated heterocycles. The standard InChI is InChI=1S/C20H22F2N6O.C4H6O6/c1-2-28-8-6-12(7-9-28)10-17(29)23-19-14-11-16(24-26-20(14)27-25-19)13-4-3-5-15(21)18(13)22;5-1(3(7)8)2(6)4(9)10/h3-5,11-12H,2,6-10H2,1H3,(H2,23,25,26,27,29);1-2,5-6H,(H,7,8)(H,9,10)/t;1-,2-/m.1/s1. The van der Waals surface area contributed by atoms with Crippen molar-refractivity contribution >= 4 is 34.7 Å². The molecule has 1 aromatic carbocycles. The van der Waals surface area contributed by atoms with Gasteiger partial charge in [0.1, 0.15) is 0 Å². The summed E-state index contributed by atoms with van der Waals surface area (Å²) in [6.45, 7) is 5.20. The summed E-state index contributed by atoms with van der Waals surface area (Å²) in [6.07, 6.45) is -2.11. The number of carbonyl (C=O) groups excluding carboxylic acids is 1. The van der Waals surface area contributed by atoms with Gasteiger partial charge in [-0.1, -0.05) is 13.0 Å². The first-order valence-electron chi connectivity index (χ1n) is 12.0. The van der Waals surface area contributed by atoms with Crippen LogP contribution in [0.25, 0.3) is 22.3 Å². The van der Waals surface area contributed by atoms with Crippen LogP contribution in [0.2, 0.25) is 0 Å². The SMILES string of the molecule is CCN1CCC(CC(=O)Nc2n[nH]c3nnc(-c4cccc(F)c4F)cc23)CC1.O=C(O)[C@H](O)[C@@H](O)C(=O)O. The lowest BCUT2D eigenvalue weighted by Crippen LogP contribution is -2.39. The van der Waals surface area contributed by atoms with E-state index in [1.165, 1.54) is 12.1 Å². The molecule has 1 fully saturated rings. The van der Waals surface area contributed by atoms with Gasteiger partial charge in [0.15, 0.2) is 35.3 Å². The Bertz CT molecular complexity index is 1310. The number of aliphatic hydroxyl groups excluding tert-OH is 2. The zero-order valence-corrected chi connectivity index (χ0v) is 20.8. The molecule has 2 aromatic heterocycles. The fourth-order valence-corrected chi connectivity index (χ4v) is 3.97. The third-order valence-electron chi connectivity index (χ3n) is 6.24. The highest BCUT2D eigenvalue weighted by Gasteiger charge is 2.29. The molecule has 0 saturated carbocycles. The second-order valence-corrected chi connectivity index (χ2v) is 8.86. The van der Waals surface area contributed by atoms with E-state index in [0.29, 0.717) is 29.2 Å². The Hall–Kier alpha value is -4.08. The van der Waals surface area contributed by atoms with Gasteiger partial charge >= 0.3 is 11.9 Å². The molecule has 13 nitrogen and oxygen atoms in total. The van der Waals surface area contributed by atoms with E-state index in [9.17, 15) is 23.2 Å². The lowest BCUT2D eigenvalue weighted by molar-refractivity contribution is -0.165. The molecular weight excluding hydrogens is 522 g/mol. The second-order valence-electron chi connectivity index (χ2n) is 8.86. The Balaban J connectivity index is 0.000000360. The number of aliphatic hydroxyl groups is 2.